The second-order valence-corrected chi connectivity index (χ2v) is 5.53. The fraction of sp³-hybridized carbons (Fsp3) is 0.812. The summed E-state index contributed by atoms with van der Waals surface area (Å²) in [6, 6.07) is 0. The van der Waals surface area contributed by atoms with Gasteiger partial charge in [-0.25, -0.2) is 0 Å². The monoisotopic (exact) mass is 254 g/mol. The van der Waals surface area contributed by atoms with Gasteiger partial charge in [0.1, 0.15) is 6.29 Å². The lowest BCUT2D eigenvalue weighted by molar-refractivity contribution is -0.110. The third kappa shape index (κ3) is 9.41. The van der Waals surface area contributed by atoms with Gasteiger partial charge in [0.2, 0.25) is 0 Å². The Labute approximate surface area is 113 Å². The number of unbranched alkanes of at least 4 members (excludes halogenated alkanes) is 2. The molecule has 0 aromatic rings. The SMILES string of the molecule is CCCCCOC(C)(CCC=O)CCC=C(C)C. The summed E-state index contributed by atoms with van der Waals surface area (Å²) in [6.45, 7) is 9.38. The van der Waals surface area contributed by atoms with Crippen LogP contribution in [0.3, 0.4) is 0 Å². The number of carbonyl (C=O) groups is 1. The van der Waals surface area contributed by atoms with E-state index in [1.165, 1.54) is 18.4 Å². The van der Waals surface area contributed by atoms with Crippen molar-refractivity contribution in [1.82, 2.24) is 0 Å². The molecule has 0 aromatic heterocycles. The molecule has 1 atom stereocenters. The molecule has 2 heteroatoms. The molecular weight excluding hydrogens is 224 g/mol. The van der Waals surface area contributed by atoms with E-state index in [1.807, 2.05) is 0 Å². The zero-order chi connectivity index (χ0) is 13.9. The van der Waals surface area contributed by atoms with Crippen LogP contribution in [0.4, 0.5) is 0 Å². The number of rotatable bonds is 11. The summed E-state index contributed by atoms with van der Waals surface area (Å²) in [7, 11) is 0. The lowest BCUT2D eigenvalue weighted by atomic mass is 9.93. The number of carbonyl (C=O) groups excluding carboxylic acids is 1. The molecule has 0 aromatic carbocycles. The van der Waals surface area contributed by atoms with Gasteiger partial charge < -0.3 is 9.53 Å². The van der Waals surface area contributed by atoms with Crippen molar-refractivity contribution in [3.63, 3.8) is 0 Å². The lowest BCUT2D eigenvalue weighted by Gasteiger charge is -2.29. The highest BCUT2D eigenvalue weighted by molar-refractivity contribution is 5.49. The molecule has 1 unspecified atom stereocenters. The van der Waals surface area contributed by atoms with E-state index >= 15 is 0 Å². The molecule has 0 heterocycles. The number of allylic oxidation sites excluding steroid dienone is 2. The van der Waals surface area contributed by atoms with Gasteiger partial charge in [-0.3, -0.25) is 0 Å². The lowest BCUT2D eigenvalue weighted by Crippen LogP contribution is -2.29. The number of aldehydes is 1. The van der Waals surface area contributed by atoms with E-state index in [9.17, 15) is 4.79 Å². The van der Waals surface area contributed by atoms with Gasteiger partial charge in [0.25, 0.3) is 0 Å². The van der Waals surface area contributed by atoms with Crippen molar-refractivity contribution in [3.05, 3.63) is 11.6 Å². The maximum absolute atomic E-state index is 10.5. The Bertz CT molecular complexity index is 241. The summed E-state index contributed by atoms with van der Waals surface area (Å²) in [4.78, 5) is 10.5. The quantitative estimate of drug-likeness (QED) is 0.304. The third-order valence-corrected chi connectivity index (χ3v) is 3.22. The van der Waals surface area contributed by atoms with Gasteiger partial charge in [-0.2, -0.15) is 0 Å². The highest BCUT2D eigenvalue weighted by Crippen LogP contribution is 2.24. The molecule has 106 valence electrons. The summed E-state index contributed by atoms with van der Waals surface area (Å²) in [5.74, 6) is 0. The highest BCUT2D eigenvalue weighted by atomic mass is 16.5. The minimum Gasteiger partial charge on any atom is -0.375 e. The molecule has 0 radical (unpaired) electrons. The summed E-state index contributed by atoms with van der Waals surface area (Å²) in [5.41, 5.74) is 1.21. The van der Waals surface area contributed by atoms with Crippen LogP contribution in [0.15, 0.2) is 11.6 Å². The fourth-order valence-electron chi connectivity index (χ4n) is 1.97. The Hall–Kier alpha value is -0.630. The maximum atomic E-state index is 10.5. The van der Waals surface area contributed by atoms with Crippen molar-refractivity contribution in [2.24, 2.45) is 0 Å². The molecule has 0 rings (SSSR count). The van der Waals surface area contributed by atoms with E-state index in [0.29, 0.717) is 6.42 Å². The minimum absolute atomic E-state index is 0.138. The van der Waals surface area contributed by atoms with Gasteiger partial charge in [0, 0.05) is 13.0 Å². The number of hydrogen-bond acceptors (Lipinski definition) is 2. The standard InChI is InChI=1S/C16H30O2/c1-5-6-7-14-18-16(4,12-9-13-17)11-8-10-15(2)3/h10,13H,5-9,11-12,14H2,1-4H3. The first-order valence-corrected chi connectivity index (χ1v) is 7.25. The van der Waals surface area contributed by atoms with Crippen LogP contribution in [-0.4, -0.2) is 18.5 Å². The molecule has 0 aliphatic carbocycles. The molecule has 0 saturated carbocycles. The van der Waals surface area contributed by atoms with E-state index in [1.54, 1.807) is 0 Å². The second-order valence-electron chi connectivity index (χ2n) is 5.53. The van der Waals surface area contributed by atoms with Crippen LogP contribution in [0.25, 0.3) is 0 Å². The largest absolute Gasteiger partial charge is 0.375 e. The first-order valence-electron chi connectivity index (χ1n) is 7.25. The predicted octanol–water partition coefficient (Wildman–Crippen LogP) is 4.68. The molecule has 0 bridgehead atoms. The smallest absolute Gasteiger partial charge is 0.120 e. The Morgan fingerprint density at radius 1 is 1.17 bits per heavy atom. The van der Waals surface area contributed by atoms with E-state index in [0.717, 1.165) is 38.6 Å². The van der Waals surface area contributed by atoms with Crippen LogP contribution in [-0.2, 0) is 9.53 Å². The van der Waals surface area contributed by atoms with Gasteiger partial charge in [-0.05, 0) is 46.5 Å². The normalized spacial score (nSPS) is 14.0. The highest BCUT2D eigenvalue weighted by Gasteiger charge is 2.23. The Balaban J connectivity index is 4.14. The van der Waals surface area contributed by atoms with Crippen LogP contribution in [0.1, 0.15) is 72.6 Å². The third-order valence-electron chi connectivity index (χ3n) is 3.22. The van der Waals surface area contributed by atoms with Crippen LogP contribution >= 0.6 is 0 Å². The molecule has 0 aliphatic rings. The summed E-state index contributed by atoms with van der Waals surface area (Å²) in [5, 5.41) is 0. The summed E-state index contributed by atoms with van der Waals surface area (Å²) >= 11 is 0. The van der Waals surface area contributed by atoms with Crippen molar-refractivity contribution in [3.8, 4) is 0 Å². The van der Waals surface area contributed by atoms with Gasteiger partial charge >= 0.3 is 0 Å². The zero-order valence-corrected chi connectivity index (χ0v) is 12.6. The van der Waals surface area contributed by atoms with E-state index < -0.39 is 0 Å². The molecule has 2 nitrogen and oxygen atoms in total. The molecule has 0 amide bonds. The maximum Gasteiger partial charge on any atom is 0.120 e. The van der Waals surface area contributed by atoms with Crippen molar-refractivity contribution >= 4 is 6.29 Å². The molecule has 0 fully saturated rings. The summed E-state index contributed by atoms with van der Waals surface area (Å²) in [6.07, 6.45) is 10.3. The molecule has 0 N–H and O–H groups in total. The molecule has 0 spiro atoms. The van der Waals surface area contributed by atoms with Gasteiger partial charge in [-0.15, -0.1) is 0 Å². The minimum atomic E-state index is -0.138. The van der Waals surface area contributed by atoms with E-state index in [2.05, 4.69) is 33.8 Å². The Morgan fingerprint density at radius 2 is 1.83 bits per heavy atom. The van der Waals surface area contributed by atoms with Crippen molar-refractivity contribution in [2.45, 2.75) is 78.2 Å². The molecule has 0 aliphatic heterocycles. The first-order chi connectivity index (χ1) is 8.54. The first kappa shape index (κ1) is 17.4. The van der Waals surface area contributed by atoms with Gasteiger partial charge in [0.15, 0.2) is 0 Å². The van der Waals surface area contributed by atoms with Gasteiger partial charge in [0.05, 0.1) is 5.60 Å². The molecule has 0 saturated heterocycles. The van der Waals surface area contributed by atoms with Gasteiger partial charge in [-0.1, -0.05) is 31.4 Å². The van der Waals surface area contributed by atoms with Crippen molar-refractivity contribution < 1.29 is 9.53 Å². The van der Waals surface area contributed by atoms with Crippen LogP contribution in [0, 0.1) is 0 Å². The van der Waals surface area contributed by atoms with Crippen molar-refractivity contribution in [1.29, 1.82) is 0 Å². The van der Waals surface area contributed by atoms with Crippen LogP contribution in [0.5, 0.6) is 0 Å². The zero-order valence-electron chi connectivity index (χ0n) is 12.6. The Morgan fingerprint density at radius 3 is 2.39 bits per heavy atom. The van der Waals surface area contributed by atoms with Crippen LogP contribution in [0.2, 0.25) is 0 Å². The average molecular weight is 254 g/mol. The fourth-order valence-corrected chi connectivity index (χ4v) is 1.97. The van der Waals surface area contributed by atoms with E-state index in [4.69, 9.17) is 4.74 Å². The Kier molecular flexibility index (Phi) is 9.95. The predicted molar refractivity (Wildman–Crippen MR) is 77.8 cm³/mol. The number of hydrogen-bond donors (Lipinski definition) is 0. The average Bonchev–Trinajstić information content (AvgIpc) is 2.32. The topological polar surface area (TPSA) is 26.3 Å². The van der Waals surface area contributed by atoms with Crippen LogP contribution < -0.4 is 0 Å². The van der Waals surface area contributed by atoms with E-state index in [-0.39, 0.29) is 5.60 Å². The summed E-state index contributed by atoms with van der Waals surface area (Å²) < 4.78 is 6.03. The number of ether oxygens (including phenoxy) is 1. The molecule has 18 heavy (non-hydrogen) atoms. The van der Waals surface area contributed by atoms with Crippen molar-refractivity contribution in [2.75, 3.05) is 6.61 Å². The molecular formula is C16H30O2. The second kappa shape index (κ2) is 10.3.